The van der Waals surface area contributed by atoms with Crippen molar-refractivity contribution in [1.29, 1.82) is 0 Å². The number of carbonyl (C=O) groups is 2. The molecule has 0 unspecified atom stereocenters. The van der Waals surface area contributed by atoms with Gasteiger partial charge in [0.2, 0.25) is 0 Å². The molecule has 0 bridgehead atoms. The Morgan fingerprint density at radius 3 is 2.46 bits per heavy atom. The highest BCUT2D eigenvalue weighted by Crippen LogP contribution is 2.22. The van der Waals surface area contributed by atoms with Gasteiger partial charge in [-0.3, -0.25) is 14.6 Å². The molecule has 3 amide bonds. The van der Waals surface area contributed by atoms with Crippen molar-refractivity contribution in [2.24, 2.45) is 0 Å². The number of nitrogens with zero attached hydrogens (tertiary/aromatic N) is 2. The van der Waals surface area contributed by atoms with E-state index in [1.807, 2.05) is 6.07 Å². The Morgan fingerprint density at radius 1 is 1.12 bits per heavy atom. The van der Waals surface area contributed by atoms with Crippen LogP contribution in [0.5, 0.6) is 0 Å². The zero-order valence-electron chi connectivity index (χ0n) is 14.4. The van der Waals surface area contributed by atoms with E-state index in [-0.39, 0.29) is 11.9 Å². The molecule has 0 atom stereocenters. The fraction of sp³-hybridized carbons (Fsp3) is 0.474. The van der Waals surface area contributed by atoms with Gasteiger partial charge in [0, 0.05) is 26.2 Å². The molecule has 128 valence electrons. The fourth-order valence-corrected chi connectivity index (χ4v) is 3.30. The van der Waals surface area contributed by atoms with Gasteiger partial charge in [-0.15, -0.1) is 0 Å². The zero-order valence-corrected chi connectivity index (χ0v) is 14.4. The van der Waals surface area contributed by atoms with E-state index in [1.54, 1.807) is 13.8 Å². The molecule has 0 spiro atoms. The predicted molar refractivity (Wildman–Crippen MR) is 94.4 cm³/mol. The number of carbonyl (C=O) groups excluding carboxylic acids is 2. The van der Waals surface area contributed by atoms with Gasteiger partial charge in [0.05, 0.1) is 0 Å². The van der Waals surface area contributed by atoms with Crippen molar-refractivity contribution < 1.29 is 9.59 Å². The SMILES string of the molecule is CC1(C)NC(=O)N(CCCN2CC=C(c3ccccc3)CC2)C1=O. The summed E-state index contributed by atoms with van der Waals surface area (Å²) in [5, 5.41) is 2.72. The van der Waals surface area contributed by atoms with Gasteiger partial charge >= 0.3 is 6.03 Å². The molecule has 1 saturated heterocycles. The van der Waals surface area contributed by atoms with Crippen LogP contribution in [0.4, 0.5) is 4.79 Å². The molecule has 5 heteroatoms. The minimum Gasteiger partial charge on any atom is -0.324 e. The van der Waals surface area contributed by atoms with Crippen LogP contribution in [0.1, 0.15) is 32.3 Å². The van der Waals surface area contributed by atoms with Gasteiger partial charge < -0.3 is 5.32 Å². The molecule has 2 aliphatic rings. The topological polar surface area (TPSA) is 52.7 Å². The number of hydrogen-bond donors (Lipinski definition) is 1. The summed E-state index contributed by atoms with van der Waals surface area (Å²) in [4.78, 5) is 27.7. The fourth-order valence-electron chi connectivity index (χ4n) is 3.30. The van der Waals surface area contributed by atoms with Crippen molar-refractivity contribution in [1.82, 2.24) is 15.1 Å². The lowest BCUT2D eigenvalue weighted by Crippen LogP contribution is -2.40. The molecule has 1 N–H and O–H groups in total. The van der Waals surface area contributed by atoms with E-state index in [2.05, 4.69) is 40.6 Å². The predicted octanol–water partition coefficient (Wildman–Crippen LogP) is 2.50. The number of rotatable bonds is 5. The van der Waals surface area contributed by atoms with Crippen molar-refractivity contribution in [2.75, 3.05) is 26.2 Å². The summed E-state index contributed by atoms with van der Waals surface area (Å²) >= 11 is 0. The maximum atomic E-state index is 12.1. The monoisotopic (exact) mass is 327 g/mol. The molecule has 5 nitrogen and oxygen atoms in total. The van der Waals surface area contributed by atoms with Crippen LogP contribution in [-0.2, 0) is 4.79 Å². The van der Waals surface area contributed by atoms with Crippen LogP contribution >= 0.6 is 0 Å². The summed E-state index contributed by atoms with van der Waals surface area (Å²) in [6.07, 6.45) is 4.14. The minimum atomic E-state index is -0.768. The van der Waals surface area contributed by atoms with Crippen molar-refractivity contribution in [3.05, 3.63) is 42.0 Å². The van der Waals surface area contributed by atoms with E-state index in [1.165, 1.54) is 16.0 Å². The molecular formula is C19H25N3O2. The Balaban J connectivity index is 1.47. The zero-order chi connectivity index (χ0) is 17.2. The summed E-state index contributed by atoms with van der Waals surface area (Å²) in [7, 11) is 0. The molecule has 0 aliphatic carbocycles. The van der Waals surface area contributed by atoms with Gasteiger partial charge in [-0.25, -0.2) is 4.79 Å². The smallest absolute Gasteiger partial charge is 0.324 e. The normalized spacial score (nSPS) is 20.9. The molecule has 1 aromatic carbocycles. The molecule has 0 radical (unpaired) electrons. The van der Waals surface area contributed by atoms with Gasteiger partial charge in [-0.2, -0.15) is 0 Å². The third-order valence-corrected chi connectivity index (χ3v) is 4.74. The van der Waals surface area contributed by atoms with E-state index in [0.29, 0.717) is 6.54 Å². The Morgan fingerprint density at radius 2 is 1.88 bits per heavy atom. The first kappa shape index (κ1) is 16.7. The van der Waals surface area contributed by atoms with Gasteiger partial charge in [-0.1, -0.05) is 36.4 Å². The number of amides is 3. The van der Waals surface area contributed by atoms with Crippen molar-refractivity contribution >= 4 is 17.5 Å². The molecule has 2 heterocycles. The van der Waals surface area contributed by atoms with Crippen LogP contribution in [0.2, 0.25) is 0 Å². The lowest BCUT2D eigenvalue weighted by Gasteiger charge is -2.27. The number of benzene rings is 1. The van der Waals surface area contributed by atoms with Crippen LogP contribution in [-0.4, -0.2) is 53.5 Å². The summed E-state index contributed by atoms with van der Waals surface area (Å²) in [5.41, 5.74) is 1.94. The molecule has 0 aromatic heterocycles. The molecule has 2 aliphatic heterocycles. The first-order valence-corrected chi connectivity index (χ1v) is 8.58. The lowest BCUT2D eigenvalue weighted by molar-refractivity contribution is -0.130. The van der Waals surface area contributed by atoms with Crippen LogP contribution in [0.3, 0.4) is 0 Å². The molecule has 3 rings (SSSR count). The second-order valence-electron chi connectivity index (χ2n) is 7.01. The Labute approximate surface area is 143 Å². The van der Waals surface area contributed by atoms with Crippen LogP contribution in [0.25, 0.3) is 5.57 Å². The number of hydrogen-bond acceptors (Lipinski definition) is 3. The minimum absolute atomic E-state index is 0.127. The molecule has 1 aromatic rings. The molecular weight excluding hydrogens is 302 g/mol. The van der Waals surface area contributed by atoms with E-state index < -0.39 is 5.54 Å². The van der Waals surface area contributed by atoms with Gasteiger partial charge in [0.1, 0.15) is 5.54 Å². The summed E-state index contributed by atoms with van der Waals surface area (Å²) in [5.74, 6) is -0.127. The molecule has 1 fully saturated rings. The van der Waals surface area contributed by atoms with Crippen molar-refractivity contribution in [3.8, 4) is 0 Å². The van der Waals surface area contributed by atoms with E-state index in [4.69, 9.17) is 0 Å². The molecule has 24 heavy (non-hydrogen) atoms. The maximum absolute atomic E-state index is 12.1. The second kappa shape index (κ2) is 6.77. The summed E-state index contributed by atoms with van der Waals surface area (Å²) < 4.78 is 0. The number of nitrogens with one attached hydrogen (secondary N) is 1. The largest absolute Gasteiger partial charge is 0.325 e. The second-order valence-corrected chi connectivity index (χ2v) is 7.01. The van der Waals surface area contributed by atoms with Crippen LogP contribution in [0, 0.1) is 0 Å². The van der Waals surface area contributed by atoms with Crippen molar-refractivity contribution in [3.63, 3.8) is 0 Å². The average Bonchev–Trinajstić information content (AvgIpc) is 2.78. The third kappa shape index (κ3) is 3.51. The van der Waals surface area contributed by atoms with E-state index >= 15 is 0 Å². The van der Waals surface area contributed by atoms with Gasteiger partial charge in [0.25, 0.3) is 5.91 Å². The first-order chi connectivity index (χ1) is 11.5. The summed E-state index contributed by atoms with van der Waals surface area (Å²) in [6.45, 7) is 6.82. The standard InChI is InChI=1S/C19H25N3O2/c1-19(2)17(23)22(18(24)20-19)12-6-11-21-13-9-16(10-14-21)15-7-4-3-5-8-15/h3-5,7-9H,6,10-14H2,1-2H3,(H,20,24). The Kier molecular flexibility index (Phi) is 4.71. The number of urea groups is 1. The van der Waals surface area contributed by atoms with Gasteiger partial charge in [0.15, 0.2) is 0 Å². The third-order valence-electron chi connectivity index (χ3n) is 4.74. The van der Waals surface area contributed by atoms with Crippen LogP contribution < -0.4 is 5.32 Å². The van der Waals surface area contributed by atoms with E-state index in [9.17, 15) is 9.59 Å². The van der Waals surface area contributed by atoms with Crippen molar-refractivity contribution in [2.45, 2.75) is 32.2 Å². The molecule has 0 saturated carbocycles. The average molecular weight is 327 g/mol. The van der Waals surface area contributed by atoms with E-state index in [0.717, 1.165) is 32.5 Å². The lowest BCUT2D eigenvalue weighted by atomic mass is 9.99. The highest BCUT2D eigenvalue weighted by molar-refractivity contribution is 6.06. The van der Waals surface area contributed by atoms with Crippen LogP contribution in [0.15, 0.2) is 36.4 Å². The Bertz CT molecular complexity index is 652. The quantitative estimate of drug-likeness (QED) is 0.846. The maximum Gasteiger partial charge on any atom is 0.325 e. The first-order valence-electron chi connectivity index (χ1n) is 8.58. The highest BCUT2D eigenvalue weighted by Gasteiger charge is 2.43. The summed E-state index contributed by atoms with van der Waals surface area (Å²) in [6, 6.07) is 10.2. The highest BCUT2D eigenvalue weighted by atomic mass is 16.2. The Hall–Kier alpha value is -2.14. The van der Waals surface area contributed by atoms with Gasteiger partial charge in [-0.05, 0) is 37.8 Å². The number of imide groups is 1.